The highest BCUT2D eigenvalue weighted by Crippen LogP contribution is 2.22. The smallest absolute Gasteiger partial charge is 0.253 e. The molecule has 0 saturated carbocycles. The highest BCUT2D eigenvalue weighted by Gasteiger charge is 2.27. The van der Waals surface area contributed by atoms with Crippen LogP contribution in [0.2, 0.25) is 0 Å². The largest absolute Gasteiger partial charge is 0.339 e. The van der Waals surface area contributed by atoms with Crippen LogP contribution in [-0.4, -0.2) is 47.9 Å². The molecule has 3 heteroatoms. The summed E-state index contributed by atoms with van der Waals surface area (Å²) in [7, 11) is 0. The third-order valence-electron chi connectivity index (χ3n) is 5.48. The number of benzene rings is 1. The Kier molecular flexibility index (Phi) is 5.37. The topological polar surface area (TPSA) is 23.6 Å². The van der Waals surface area contributed by atoms with Crippen molar-refractivity contribution in [2.45, 2.75) is 57.9 Å². The molecule has 126 valence electrons. The molecule has 0 N–H and O–H groups in total. The molecule has 23 heavy (non-hydrogen) atoms. The summed E-state index contributed by atoms with van der Waals surface area (Å²) in [5.41, 5.74) is 2.14. The lowest BCUT2D eigenvalue weighted by Gasteiger charge is -2.40. The summed E-state index contributed by atoms with van der Waals surface area (Å²) >= 11 is 0. The maximum Gasteiger partial charge on any atom is 0.253 e. The van der Waals surface area contributed by atoms with Gasteiger partial charge in [0.2, 0.25) is 0 Å². The van der Waals surface area contributed by atoms with Crippen LogP contribution in [0.5, 0.6) is 0 Å². The lowest BCUT2D eigenvalue weighted by molar-refractivity contribution is 0.0590. The fraction of sp³-hybridized carbons (Fsp3) is 0.650. The van der Waals surface area contributed by atoms with E-state index in [1.54, 1.807) is 0 Å². The third-order valence-corrected chi connectivity index (χ3v) is 5.48. The standard InChI is InChI=1S/C20H30N2O/c1-16(2)17-6-8-18(9-7-17)20(23)22-14-10-19(11-15-22)21-12-4-3-5-13-21/h6-9,16,19H,3-5,10-15H2,1-2H3. The minimum atomic E-state index is 0.206. The molecule has 0 aliphatic carbocycles. The Morgan fingerprint density at radius 2 is 1.57 bits per heavy atom. The lowest BCUT2D eigenvalue weighted by atomic mass is 9.98. The Balaban J connectivity index is 1.55. The molecule has 0 bridgehead atoms. The van der Waals surface area contributed by atoms with Crippen molar-refractivity contribution in [2.75, 3.05) is 26.2 Å². The Morgan fingerprint density at radius 3 is 2.13 bits per heavy atom. The maximum atomic E-state index is 12.7. The van der Waals surface area contributed by atoms with E-state index in [1.807, 2.05) is 17.0 Å². The van der Waals surface area contributed by atoms with Crippen LogP contribution in [0.15, 0.2) is 24.3 Å². The molecule has 3 rings (SSSR count). The second-order valence-electron chi connectivity index (χ2n) is 7.40. The van der Waals surface area contributed by atoms with Gasteiger partial charge in [-0.15, -0.1) is 0 Å². The minimum absolute atomic E-state index is 0.206. The normalized spacial score (nSPS) is 20.9. The van der Waals surface area contributed by atoms with Crippen LogP contribution in [0.3, 0.4) is 0 Å². The van der Waals surface area contributed by atoms with E-state index in [0.29, 0.717) is 12.0 Å². The van der Waals surface area contributed by atoms with Crippen LogP contribution in [0.1, 0.15) is 67.8 Å². The minimum Gasteiger partial charge on any atom is -0.339 e. The SMILES string of the molecule is CC(C)c1ccc(C(=O)N2CCC(N3CCCCC3)CC2)cc1. The first-order valence-electron chi connectivity index (χ1n) is 9.28. The maximum absolute atomic E-state index is 12.7. The van der Waals surface area contributed by atoms with Crippen molar-refractivity contribution in [2.24, 2.45) is 0 Å². The van der Waals surface area contributed by atoms with E-state index in [1.165, 1.54) is 37.9 Å². The van der Waals surface area contributed by atoms with Gasteiger partial charge in [-0.3, -0.25) is 4.79 Å². The molecule has 2 aliphatic heterocycles. The highest BCUT2D eigenvalue weighted by atomic mass is 16.2. The van der Waals surface area contributed by atoms with Gasteiger partial charge < -0.3 is 9.80 Å². The van der Waals surface area contributed by atoms with Gasteiger partial charge in [-0.05, 0) is 62.4 Å². The number of amides is 1. The molecule has 0 spiro atoms. The number of carbonyl (C=O) groups is 1. The van der Waals surface area contributed by atoms with E-state index in [4.69, 9.17) is 0 Å². The molecule has 0 atom stereocenters. The number of carbonyl (C=O) groups excluding carboxylic acids is 1. The molecule has 1 amide bonds. The van der Waals surface area contributed by atoms with E-state index in [-0.39, 0.29) is 5.91 Å². The van der Waals surface area contributed by atoms with Gasteiger partial charge in [0.25, 0.3) is 5.91 Å². The summed E-state index contributed by atoms with van der Waals surface area (Å²) in [5, 5.41) is 0. The summed E-state index contributed by atoms with van der Waals surface area (Å²) in [5.74, 6) is 0.719. The van der Waals surface area contributed by atoms with Crippen LogP contribution in [0.25, 0.3) is 0 Å². The monoisotopic (exact) mass is 314 g/mol. The van der Waals surface area contributed by atoms with Crippen molar-refractivity contribution in [3.63, 3.8) is 0 Å². The van der Waals surface area contributed by atoms with Crippen molar-refractivity contribution in [3.05, 3.63) is 35.4 Å². The summed E-state index contributed by atoms with van der Waals surface area (Å²) in [6.45, 7) is 8.70. The third kappa shape index (κ3) is 3.95. The zero-order chi connectivity index (χ0) is 16.2. The van der Waals surface area contributed by atoms with Gasteiger partial charge in [0, 0.05) is 24.7 Å². The van der Waals surface area contributed by atoms with E-state index in [9.17, 15) is 4.79 Å². The zero-order valence-corrected chi connectivity index (χ0v) is 14.6. The average molecular weight is 314 g/mol. The molecule has 2 aliphatic rings. The van der Waals surface area contributed by atoms with Gasteiger partial charge >= 0.3 is 0 Å². The van der Waals surface area contributed by atoms with Gasteiger partial charge in [0.05, 0.1) is 0 Å². The molecular formula is C20H30N2O. The van der Waals surface area contributed by atoms with Gasteiger partial charge in [-0.2, -0.15) is 0 Å². The molecule has 2 fully saturated rings. The van der Waals surface area contributed by atoms with Gasteiger partial charge in [-0.1, -0.05) is 32.4 Å². The predicted octanol–water partition coefficient (Wildman–Crippen LogP) is 3.90. The molecule has 3 nitrogen and oxygen atoms in total. The average Bonchev–Trinajstić information content (AvgIpc) is 2.62. The second kappa shape index (κ2) is 7.48. The van der Waals surface area contributed by atoms with Crippen LogP contribution in [0.4, 0.5) is 0 Å². The first-order chi connectivity index (χ1) is 11.1. The van der Waals surface area contributed by atoms with Gasteiger partial charge in [-0.25, -0.2) is 0 Å². The van der Waals surface area contributed by atoms with Gasteiger partial charge in [0.1, 0.15) is 0 Å². The fourth-order valence-electron chi connectivity index (χ4n) is 3.91. The predicted molar refractivity (Wildman–Crippen MR) is 94.9 cm³/mol. The Hall–Kier alpha value is -1.35. The van der Waals surface area contributed by atoms with Crippen molar-refractivity contribution in [1.82, 2.24) is 9.80 Å². The molecular weight excluding hydrogens is 284 g/mol. The fourth-order valence-corrected chi connectivity index (χ4v) is 3.91. The van der Waals surface area contributed by atoms with E-state index < -0.39 is 0 Å². The van der Waals surface area contributed by atoms with Gasteiger partial charge in [0.15, 0.2) is 0 Å². The van der Waals surface area contributed by atoms with Crippen LogP contribution >= 0.6 is 0 Å². The number of hydrogen-bond acceptors (Lipinski definition) is 2. The van der Waals surface area contributed by atoms with Crippen LogP contribution < -0.4 is 0 Å². The molecule has 0 unspecified atom stereocenters. The second-order valence-corrected chi connectivity index (χ2v) is 7.40. The molecule has 1 aromatic carbocycles. The van der Waals surface area contributed by atoms with E-state index >= 15 is 0 Å². The molecule has 2 heterocycles. The molecule has 0 radical (unpaired) electrons. The summed E-state index contributed by atoms with van der Waals surface area (Å²) in [6.07, 6.45) is 6.36. The number of rotatable bonds is 3. The van der Waals surface area contributed by atoms with Crippen molar-refractivity contribution in [1.29, 1.82) is 0 Å². The summed E-state index contributed by atoms with van der Waals surface area (Å²) in [4.78, 5) is 17.4. The highest BCUT2D eigenvalue weighted by molar-refractivity contribution is 5.94. The number of hydrogen-bond donors (Lipinski definition) is 0. The van der Waals surface area contributed by atoms with E-state index in [2.05, 4.69) is 30.9 Å². The summed E-state index contributed by atoms with van der Waals surface area (Å²) < 4.78 is 0. The zero-order valence-electron chi connectivity index (χ0n) is 14.6. The number of piperidine rings is 2. The molecule has 0 aromatic heterocycles. The number of nitrogens with zero attached hydrogens (tertiary/aromatic N) is 2. The van der Waals surface area contributed by atoms with Crippen LogP contribution in [0, 0.1) is 0 Å². The Labute approximate surface area is 140 Å². The first kappa shape index (κ1) is 16.5. The Morgan fingerprint density at radius 1 is 0.957 bits per heavy atom. The van der Waals surface area contributed by atoms with E-state index in [0.717, 1.165) is 31.5 Å². The van der Waals surface area contributed by atoms with Crippen LogP contribution in [-0.2, 0) is 0 Å². The number of likely N-dealkylation sites (tertiary alicyclic amines) is 2. The Bertz CT molecular complexity index is 509. The van der Waals surface area contributed by atoms with Crippen molar-refractivity contribution in [3.8, 4) is 0 Å². The van der Waals surface area contributed by atoms with Crippen molar-refractivity contribution >= 4 is 5.91 Å². The first-order valence-corrected chi connectivity index (χ1v) is 9.28. The molecule has 2 saturated heterocycles. The van der Waals surface area contributed by atoms with Crippen molar-refractivity contribution < 1.29 is 4.79 Å². The summed E-state index contributed by atoms with van der Waals surface area (Å²) in [6, 6.07) is 8.88. The quantitative estimate of drug-likeness (QED) is 0.845. The lowest BCUT2D eigenvalue weighted by Crippen LogP contribution is -2.48. The molecule has 1 aromatic rings.